The number of carbonyl (C=O) groups excluding carboxylic acids is 1. The molecular formula is C15H20N2O3. The van der Waals surface area contributed by atoms with Crippen molar-refractivity contribution in [2.75, 3.05) is 13.1 Å². The first-order chi connectivity index (χ1) is 9.36. The lowest BCUT2D eigenvalue weighted by Crippen LogP contribution is -2.31. The number of nitrogens with zero attached hydrogens (tertiary/aromatic N) is 2. The molecule has 0 saturated carbocycles. The molecule has 0 aromatic carbocycles. The highest BCUT2D eigenvalue weighted by atomic mass is 16.4. The van der Waals surface area contributed by atoms with Gasteiger partial charge in [0.05, 0.1) is 11.3 Å². The molecule has 1 unspecified atom stereocenters. The van der Waals surface area contributed by atoms with Crippen LogP contribution in [-0.2, 0) is 0 Å². The zero-order chi connectivity index (χ0) is 14.9. The van der Waals surface area contributed by atoms with Crippen LogP contribution in [0.25, 0.3) is 0 Å². The van der Waals surface area contributed by atoms with Crippen LogP contribution in [0.4, 0.5) is 0 Å². The minimum Gasteiger partial charge on any atom is -0.478 e. The average Bonchev–Trinajstić information content (AvgIpc) is 2.81. The summed E-state index contributed by atoms with van der Waals surface area (Å²) in [6.07, 6.45) is 2.04. The van der Waals surface area contributed by atoms with Crippen molar-refractivity contribution in [3.63, 3.8) is 0 Å². The molecule has 1 aliphatic heterocycles. The van der Waals surface area contributed by atoms with E-state index in [2.05, 4.69) is 18.8 Å². The molecule has 5 nitrogen and oxygen atoms in total. The summed E-state index contributed by atoms with van der Waals surface area (Å²) >= 11 is 0. The van der Waals surface area contributed by atoms with Gasteiger partial charge in [0.2, 0.25) is 0 Å². The Morgan fingerprint density at radius 2 is 2.15 bits per heavy atom. The molecule has 5 heteroatoms. The highest BCUT2D eigenvalue weighted by molar-refractivity contribution is 5.94. The Labute approximate surface area is 118 Å². The quantitative estimate of drug-likeness (QED) is 0.920. The van der Waals surface area contributed by atoms with Crippen molar-refractivity contribution in [3.05, 3.63) is 29.1 Å². The maximum Gasteiger partial charge on any atom is 0.337 e. The van der Waals surface area contributed by atoms with E-state index in [-0.39, 0.29) is 16.9 Å². The second-order valence-electron chi connectivity index (χ2n) is 5.78. The Bertz CT molecular complexity index is 556. The molecule has 0 aliphatic carbocycles. The summed E-state index contributed by atoms with van der Waals surface area (Å²) in [5.74, 6) is -1.13. The van der Waals surface area contributed by atoms with Crippen molar-refractivity contribution in [3.8, 4) is 0 Å². The van der Waals surface area contributed by atoms with Crippen molar-refractivity contribution in [1.82, 2.24) is 9.88 Å². The Hall–Kier alpha value is -1.91. The number of rotatable bonds is 3. The first kappa shape index (κ1) is 14.5. The molecule has 1 fully saturated rings. The zero-order valence-corrected chi connectivity index (χ0v) is 12.1. The van der Waals surface area contributed by atoms with Gasteiger partial charge < -0.3 is 10.0 Å². The summed E-state index contributed by atoms with van der Waals surface area (Å²) in [5.41, 5.74) is 1.03. The van der Waals surface area contributed by atoms with Crippen LogP contribution in [0.5, 0.6) is 0 Å². The van der Waals surface area contributed by atoms with Crippen LogP contribution in [0.2, 0.25) is 0 Å². The number of pyridine rings is 1. The van der Waals surface area contributed by atoms with Crippen LogP contribution in [0.15, 0.2) is 12.1 Å². The molecule has 1 saturated heterocycles. The number of hydrogen-bond acceptors (Lipinski definition) is 3. The van der Waals surface area contributed by atoms with Gasteiger partial charge in [-0.15, -0.1) is 0 Å². The molecule has 2 heterocycles. The Morgan fingerprint density at radius 1 is 1.45 bits per heavy atom. The van der Waals surface area contributed by atoms with Crippen LogP contribution >= 0.6 is 0 Å². The lowest BCUT2D eigenvalue weighted by Gasteiger charge is -2.22. The van der Waals surface area contributed by atoms with Crippen LogP contribution in [0.3, 0.4) is 0 Å². The van der Waals surface area contributed by atoms with Crippen LogP contribution in [0.1, 0.15) is 53.2 Å². The van der Waals surface area contributed by atoms with Gasteiger partial charge in [-0.1, -0.05) is 13.8 Å². The summed E-state index contributed by atoms with van der Waals surface area (Å²) in [5, 5.41) is 8.97. The minimum atomic E-state index is -1.02. The van der Waals surface area contributed by atoms with Gasteiger partial charge in [0, 0.05) is 13.1 Å². The Kier molecular flexibility index (Phi) is 3.79. The number of amides is 1. The first-order valence-corrected chi connectivity index (χ1v) is 6.86. The lowest BCUT2D eigenvalue weighted by molar-refractivity contribution is 0.0692. The van der Waals surface area contributed by atoms with Crippen molar-refractivity contribution < 1.29 is 14.7 Å². The van der Waals surface area contributed by atoms with Crippen LogP contribution in [-0.4, -0.2) is 40.0 Å². The third kappa shape index (κ3) is 2.66. The van der Waals surface area contributed by atoms with E-state index in [1.807, 2.05) is 4.90 Å². The highest BCUT2D eigenvalue weighted by Gasteiger charge is 2.35. The van der Waals surface area contributed by atoms with E-state index < -0.39 is 5.97 Å². The normalized spacial score (nSPS) is 22.1. The maximum atomic E-state index is 12.4. The fourth-order valence-corrected chi connectivity index (χ4v) is 2.55. The smallest absolute Gasteiger partial charge is 0.337 e. The van der Waals surface area contributed by atoms with Crippen molar-refractivity contribution in [2.45, 2.75) is 33.6 Å². The molecule has 1 atom stereocenters. The minimum absolute atomic E-state index is 0.109. The van der Waals surface area contributed by atoms with E-state index >= 15 is 0 Å². The molecule has 1 N–H and O–H groups in total. The number of aryl methyl sites for hydroxylation is 1. The van der Waals surface area contributed by atoms with Crippen molar-refractivity contribution >= 4 is 11.9 Å². The largest absolute Gasteiger partial charge is 0.478 e. The van der Waals surface area contributed by atoms with Gasteiger partial charge in [0.25, 0.3) is 5.91 Å². The molecule has 1 aromatic heterocycles. The molecule has 0 spiro atoms. The summed E-state index contributed by atoms with van der Waals surface area (Å²) in [6, 6.07) is 2.95. The summed E-state index contributed by atoms with van der Waals surface area (Å²) in [7, 11) is 0. The van der Waals surface area contributed by atoms with Gasteiger partial charge >= 0.3 is 5.97 Å². The third-order valence-corrected chi connectivity index (χ3v) is 4.23. The fourth-order valence-electron chi connectivity index (χ4n) is 2.55. The zero-order valence-electron chi connectivity index (χ0n) is 12.1. The summed E-state index contributed by atoms with van der Waals surface area (Å²) in [6.45, 7) is 7.42. The van der Waals surface area contributed by atoms with Gasteiger partial charge in [-0.25, -0.2) is 9.78 Å². The van der Waals surface area contributed by atoms with Gasteiger partial charge in [0.1, 0.15) is 5.69 Å². The van der Waals surface area contributed by atoms with E-state index in [4.69, 9.17) is 5.11 Å². The average molecular weight is 276 g/mol. The van der Waals surface area contributed by atoms with Gasteiger partial charge in [0.15, 0.2) is 0 Å². The highest BCUT2D eigenvalue weighted by Crippen LogP contribution is 2.33. The first-order valence-electron chi connectivity index (χ1n) is 6.86. The summed E-state index contributed by atoms with van der Waals surface area (Å²) in [4.78, 5) is 29.3. The van der Waals surface area contributed by atoms with E-state index in [9.17, 15) is 9.59 Å². The van der Waals surface area contributed by atoms with Gasteiger partial charge in [-0.2, -0.15) is 0 Å². The molecule has 1 aliphatic rings. The second kappa shape index (κ2) is 5.23. The summed E-state index contributed by atoms with van der Waals surface area (Å²) < 4.78 is 0. The molecule has 20 heavy (non-hydrogen) atoms. The van der Waals surface area contributed by atoms with Crippen molar-refractivity contribution in [2.24, 2.45) is 5.41 Å². The van der Waals surface area contributed by atoms with Crippen molar-refractivity contribution in [1.29, 1.82) is 0 Å². The van der Waals surface area contributed by atoms with E-state index in [1.54, 1.807) is 6.92 Å². The predicted molar refractivity (Wildman–Crippen MR) is 74.9 cm³/mol. The van der Waals surface area contributed by atoms with Crippen LogP contribution < -0.4 is 0 Å². The number of carboxylic acids is 1. The number of aromatic carboxylic acids is 1. The SMILES string of the molecule is CCC1(C)CCN(C(=O)c2ccc(C(=O)O)c(C)n2)C1. The lowest BCUT2D eigenvalue weighted by atomic mass is 9.87. The maximum absolute atomic E-state index is 12.4. The monoisotopic (exact) mass is 276 g/mol. The van der Waals surface area contributed by atoms with Gasteiger partial charge in [-0.3, -0.25) is 4.79 Å². The number of likely N-dealkylation sites (tertiary alicyclic amines) is 1. The fraction of sp³-hybridized carbons (Fsp3) is 0.533. The van der Waals surface area contributed by atoms with E-state index in [0.717, 1.165) is 25.9 Å². The van der Waals surface area contributed by atoms with Crippen LogP contribution in [0, 0.1) is 12.3 Å². The molecule has 0 radical (unpaired) electrons. The molecule has 2 rings (SSSR count). The Balaban J connectivity index is 2.19. The van der Waals surface area contributed by atoms with E-state index in [1.165, 1.54) is 12.1 Å². The topological polar surface area (TPSA) is 70.5 Å². The number of hydrogen-bond donors (Lipinski definition) is 1. The predicted octanol–water partition coefficient (Wildman–Crippen LogP) is 2.35. The third-order valence-electron chi connectivity index (χ3n) is 4.23. The number of carbonyl (C=O) groups is 2. The molecule has 108 valence electrons. The molecule has 1 aromatic rings. The second-order valence-corrected chi connectivity index (χ2v) is 5.78. The Morgan fingerprint density at radius 3 is 2.65 bits per heavy atom. The number of aromatic nitrogens is 1. The standard InChI is InChI=1S/C15H20N2O3/c1-4-15(3)7-8-17(9-15)13(18)12-6-5-11(14(19)20)10(2)16-12/h5-6H,4,7-9H2,1-3H3,(H,19,20). The molecule has 0 bridgehead atoms. The number of carboxylic acid groups (broad SMARTS) is 1. The van der Waals surface area contributed by atoms with E-state index in [0.29, 0.717) is 11.4 Å². The molecule has 1 amide bonds. The molecular weight excluding hydrogens is 256 g/mol. The van der Waals surface area contributed by atoms with Gasteiger partial charge in [-0.05, 0) is 37.3 Å².